The Morgan fingerprint density at radius 1 is 1.35 bits per heavy atom. The quantitative estimate of drug-likeness (QED) is 0.631. The second kappa shape index (κ2) is 7.88. The molecule has 26 heavy (non-hydrogen) atoms. The lowest BCUT2D eigenvalue weighted by Crippen LogP contribution is -2.38. The Morgan fingerprint density at radius 2 is 2.15 bits per heavy atom. The van der Waals surface area contributed by atoms with Crippen LogP contribution in [-0.4, -0.2) is 47.0 Å². The number of anilines is 2. The Balaban J connectivity index is 1.62. The van der Waals surface area contributed by atoms with Crippen LogP contribution in [0.2, 0.25) is 5.02 Å². The zero-order valence-electron chi connectivity index (χ0n) is 14.1. The van der Waals surface area contributed by atoms with E-state index in [0.717, 1.165) is 23.8 Å². The number of aryl methyl sites for hydroxylation is 1. The summed E-state index contributed by atoms with van der Waals surface area (Å²) < 4.78 is 0. The van der Waals surface area contributed by atoms with Gasteiger partial charge in [-0.05, 0) is 19.4 Å². The average molecular weight is 396 g/mol. The van der Waals surface area contributed by atoms with Crippen LogP contribution >= 0.6 is 22.9 Å². The summed E-state index contributed by atoms with van der Waals surface area (Å²) in [6, 6.07) is 3.72. The van der Waals surface area contributed by atoms with Gasteiger partial charge in [-0.1, -0.05) is 11.6 Å². The molecule has 1 aliphatic rings. The molecule has 1 fully saturated rings. The van der Waals surface area contributed by atoms with Crippen LogP contribution in [0.4, 0.5) is 21.3 Å². The van der Waals surface area contributed by atoms with Crippen LogP contribution in [0, 0.1) is 17.0 Å². The average Bonchev–Trinajstić information content (AvgIpc) is 2.89. The summed E-state index contributed by atoms with van der Waals surface area (Å²) in [5, 5.41) is 16.6. The Hall–Kier alpha value is -2.39. The Labute approximate surface area is 159 Å². The first-order valence-electron chi connectivity index (χ1n) is 8.11. The molecular formula is C16H18ClN5O3S. The van der Waals surface area contributed by atoms with Crippen molar-refractivity contribution in [3.05, 3.63) is 44.4 Å². The van der Waals surface area contributed by atoms with Gasteiger partial charge in [-0.15, -0.1) is 11.3 Å². The number of benzene rings is 1. The fourth-order valence-corrected chi connectivity index (χ4v) is 3.79. The number of carbonyl (C=O) groups excluding carboxylic acids is 1. The van der Waals surface area contributed by atoms with E-state index in [-0.39, 0.29) is 16.7 Å². The molecule has 0 radical (unpaired) electrons. The largest absolute Gasteiger partial charge is 0.346 e. The summed E-state index contributed by atoms with van der Waals surface area (Å²) in [5.74, 6) is 0. The molecule has 3 rings (SSSR count). The summed E-state index contributed by atoms with van der Waals surface area (Å²) in [4.78, 5) is 31.2. The van der Waals surface area contributed by atoms with Crippen LogP contribution in [0.3, 0.4) is 0 Å². The molecule has 1 saturated heterocycles. The van der Waals surface area contributed by atoms with Gasteiger partial charge < -0.3 is 15.1 Å². The van der Waals surface area contributed by atoms with Crippen LogP contribution < -0.4 is 10.2 Å². The van der Waals surface area contributed by atoms with Gasteiger partial charge in [0.05, 0.1) is 21.3 Å². The maximum absolute atomic E-state index is 12.5. The molecule has 10 heteroatoms. The van der Waals surface area contributed by atoms with Crippen molar-refractivity contribution in [1.82, 2.24) is 9.88 Å². The lowest BCUT2D eigenvalue weighted by atomic mass is 10.3. The van der Waals surface area contributed by atoms with Crippen molar-refractivity contribution >= 4 is 45.5 Å². The number of hydrogen-bond donors (Lipinski definition) is 1. The minimum absolute atomic E-state index is 0.114. The minimum atomic E-state index is -0.527. The van der Waals surface area contributed by atoms with Crippen molar-refractivity contribution in [1.29, 1.82) is 0 Å². The van der Waals surface area contributed by atoms with Gasteiger partial charge in [0.25, 0.3) is 5.69 Å². The third-order valence-electron chi connectivity index (χ3n) is 4.07. The smallest absolute Gasteiger partial charge is 0.321 e. The molecule has 2 heterocycles. The number of hydrogen-bond acceptors (Lipinski definition) is 6. The maximum Gasteiger partial charge on any atom is 0.321 e. The molecule has 1 aromatic carbocycles. The molecule has 0 atom stereocenters. The summed E-state index contributed by atoms with van der Waals surface area (Å²) in [6.45, 7) is 4.70. The maximum atomic E-state index is 12.5. The second-order valence-electron chi connectivity index (χ2n) is 5.95. The van der Waals surface area contributed by atoms with Crippen LogP contribution in [-0.2, 0) is 0 Å². The number of rotatable bonds is 3. The van der Waals surface area contributed by atoms with Crippen LogP contribution in [0.25, 0.3) is 0 Å². The van der Waals surface area contributed by atoms with Gasteiger partial charge in [0, 0.05) is 43.7 Å². The zero-order valence-corrected chi connectivity index (χ0v) is 15.7. The number of halogens is 1. The summed E-state index contributed by atoms with van der Waals surface area (Å²) in [6.07, 6.45) is 0.833. The predicted octanol–water partition coefficient (Wildman–Crippen LogP) is 3.76. The summed E-state index contributed by atoms with van der Waals surface area (Å²) in [5.41, 5.74) is 1.24. The fourth-order valence-electron chi connectivity index (χ4n) is 2.71. The molecule has 0 bridgehead atoms. The van der Waals surface area contributed by atoms with E-state index < -0.39 is 4.92 Å². The van der Waals surface area contributed by atoms with Gasteiger partial charge in [0.15, 0.2) is 5.13 Å². The molecule has 2 amide bonds. The molecule has 0 unspecified atom stereocenters. The summed E-state index contributed by atoms with van der Waals surface area (Å²) in [7, 11) is 0. The van der Waals surface area contributed by atoms with Crippen LogP contribution in [0.1, 0.15) is 12.1 Å². The van der Waals surface area contributed by atoms with Crippen molar-refractivity contribution in [2.24, 2.45) is 0 Å². The van der Waals surface area contributed by atoms with Gasteiger partial charge in [-0.25, -0.2) is 9.78 Å². The van der Waals surface area contributed by atoms with Crippen molar-refractivity contribution < 1.29 is 9.72 Å². The first-order chi connectivity index (χ1) is 12.4. The van der Waals surface area contributed by atoms with E-state index in [1.54, 1.807) is 16.2 Å². The van der Waals surface area contributed by atoms with Gasteiger partial charge in [0.1, 0.15) is 0 Å². The number of nitro benzene ring substituents is 1. The van der Waals surface area contributed by atoms with E-state index in [2.05, 4.69) is 15.2 Å². The summed E-state index contributed by atoms with van der Waals surface area (Å²) >= 11 is 7.65. The molecule has 2 aromatic rings. The highest BCUT2D eigenvalue weighted by Gasteiger charge is 2.21. The Kier molecular flexibility index (Phi) is 5.58. The van der Waals surface area contributed by atoms with Gasteiger partial charge in [-0.3, -0.25) is 10.1 Å². The third kappa shape index (κ3) is 4.23. The highest BCUT2D eigenvalue weighted by molar-refractivity contribution is 7.13. The Morgan fingerprint density at radius 3 is 2.81 bits per heavy atom. The standard InChI is InChI=1S/C16H18ClN5O3S/c1-11-10-26-16(18-11)21-6-2-5-20(7-8-21)15(23)19-14-4-3-12(22(24)25)9-13(14)17/h3-4,9-10H,2,5-8H2,1H3,(H,19,23). The number of urea groups is 1. The molecule has 0 saturated carbocycles. The monoisotopic (exact) mass is 395 g/mol. The number of amides is 2. The molecule has 8 nitrogen and oxygen atoms in total. The lowest BCUT2D eigenvalue weighted by molar-refractivity contribution is -0.384. The fraction of sp³-hybridized carbons (Fsp3) is 0.375. The van der Waals surface area contributed by atoms with E-state index in [1.807, 2.05) is 12.3 Å². The van der Waals surface area contributed by atoms with Crippen LogP contribution in [0.15, 0.2) is 23.6 Å². The number of nitro groups is 1. The molecular weight excluding hydrogens is 378 g/mol. The van der Waals surface area contributed by atoms with Gasteiger partial charge >= 0.3 is 6.03 Å². The highest BCUT2D eigenvalue weighted by atomic mass is 35.5. The van der Waals surface area contributed by atoms with Crippen molar-refractivity contribution in [2.75, 3.05) is 36.4 Å². The predicted molar refractivity (Wildman–Crippen MR) is 102 cm³/mol. The number of carbonyl (C=O) groups is 1. The topological polar surface area (TPSA) is 91.6 Å². The van der Waals surface area contributed by atoms with Crippen molar-refractivity contribution in [2.45, 2.75) is 13.3 Å². The van der Waals surface area contributed by atoms with Crippen molar-refractivity contribution in [3.63, 3.8) is 0 Å². The van der Waals surface area contributed by atoms with E-state index in [4.69, 9.17) is 11.6 Å². The minimum Gasteiger partial charge on any atom is -0.346 e. The van der Waals surface area contributed by atoms with Gasteiger partial charge in [-0.2, -0.15) is 0 Å². The molecule has 138 valence electrons. The third-order valence-corrected chi connectivity index (χ3v) is 5.40. The molecule has 0 aliphatic carbocycles. The van der Waals surface area contributed by atoms with E-state index in [0.29, 0.717) is 25.3 Å². The number of thiazole rings is 1. The first-order valence-corrected chi connectivity index (χ1v) is 9.37. The number of nitrogens with zero attached hydrogens (tertiary/aromatic N) is 4. The number of aromatic nitrogens is 1. The van der Waals surface area contributed by atoms with Crippen molar-refractivity contribution in [3.8, 4) is 0 Å². The first kappa shape index (κ1) is 18.4. The normalized spacial score (nSPS) is 14.8. The Bertz CT molecular complexity index is 828. The molecule has 1 N–H and O–H groups in total. The highest BCUT2D eigenvalue weighted by Crippen LogP contribution is 2.27. The van der Waals surface area contributed by atoms with E-state index in [1.165, 1.54) is 18.2 Å². The SMILES string of the molecule is Cc1csc(N2CCCN(C(=O)Nc3ccc([N+](=O)[O-])cc3Cl)CC2)n1. The molecule has 1 aliphatic heterocycles. The van der Waals surface area contributed by atoms with E-state index in [9.17, 15) is 14.9 Å². The molecule has 1 aromatic heterocycles. The second-order valence-corrected chi connectivity index (χ2v) is 7.19. The zero-order chi connectivity index (χ0) is 18.7. The van der Waals surface area contributed by atoms with Crippen LogP contribution in [0.5, 0.6) is 0 Å². The van der Waals surface area contributed by atoms with Gasteiger partial charge in [0.2, 0.25) is 0 Å². The molecule has 0 spiro atoms. The lowest BCUT2D eigenvalue weighted by Gasteiger charge is -2.22. The number of non-ortho nitro benzene ring substituents is 1. The number of nitrogens with one attached hydrogen (secondary N) is 1. The van der Waals surface area contributed by atoms with E-state index >= 15 is 0 Å².